The Morgan fingerprint density at radius 1 is 0.919 bits per heavy atom. The van der Waals surface area contributed by atoms with Crippen molar-refractivity contribution in [1.82, 2.24) is 10.2 Å². The van der Waals surface area contributed by atoms with Crippen LogP contribution in [-0.4, -0.2) is 45.7 Å². The lowest BCUT2D eigenvalue weighted by Crippen LogP contribution is -2.58. The van der Waals surface area contributed by atoms with E-state index in [2.05, 4.69) is 23.3 Å². The maximum atomic E-state index is 14.0. The van der Waals surface area contributed by atoms with Crippen LogP contribution in [0.1, 0.15) is 69.8 Å². The molecule has 0 aliphatic rings. The minimum absolute atomic E-state index is 0.0315. The summed E-state index contributed by atoms with van der Waals surface area (Å²) in [4.78, 5) is 42.0. The molecule has 0 bridgehead atoms. The van der Waals surface area contributed by atoms with Gasteiger partial charge in [0.1, 0.15) is 17.7 Å². The number of rotatable bonds is 7. The molecule has 0 radical (unpaired) electrons. The summed E-state index contributed by atoms with van der Waals surface area (Å²) >= 11 is 4.34. The highest BCUT2D eigenvalue weighted by Crippen LogP contribution is 2.32. The second-order valence-electron chi connectivity index (χ2n) is 11.3. The predicted molar refractivity (Wildman–Crippen MR) is 152 cm³/mol. The van der Waals surface area contributed by atoms with Gasteiger partial charge < -0.3 is 20.3 Å². The lowest BCUT2D eigenvalue weighted by Gasteiger charge is -2.43. The van der Waals surface area contributed by atoms with Crippen molar-refractivity contribution in [2.75, 3.05) is 11.1 Å². The maximum Gasteiger partial charge on any atom is 0.408 e. The minimum Gasteiger partial charge on any atom is -0.444 e. The fraction of sp³-hybridized carbons (Fsp3) is 0.483. The summed E-state index contributed by atoms with van der Waals surface area (Å²) in [5.74, 6) is -0.751. The fourth-order valence-electron chi connectivity index (χ4n) is 4.02. The molecule has 3 amide bonds. The molecule has 8 heteroatoms. The number of carbonyl (C=O) groups excluding carboxylic acids is 3. The van der Waals surface area contributed by atoms with Gasteiger partial charge >= 0.3 is 6.09 Å². The van der Waals surface area contributed by atoms with E-state index in [1.807, 2.05) is 84.0 Å². The number of alkyl carbamates (subject to hydrolysis) is 1. The van der Waals surface area contributed by atoms with E-state index < -0.39 is 35.2 Å². The third-order valence-electron chi connectivity index (χ3n) is 5.76. The zero-order chi connectivity index (χ0) is 28.1. The van der Waals surface area contributed by atoms with Crippen LogP contribution < -0.4 is 10.6 Å². The van der Waals surface area contributed by atoms with E-state index in [-0.39, 0.29) is 11.7 Å². The molecule has 0 saturated carbocycles. The first kappa shape index (κ1) is 30.2. The Morgan fingerprint density at radius 3 is 1.92 bits per heavy atom. The quantitative estimate of drug-likeness (QED) is 0.401. The van der Waals surface area contributed by atoms with Gasteiger partial charge in [-0.05, 0) is 79.0 Å². The normalized spacial score (nSPS) is 13.4. The van der Waals surface area contributed by atoms with Crippen molar-refractivity contribution in [2.45, 2.75) is 85.5 Å². The van der Waals surface area contributed by atoms with E-state index in [1.165, 1.54) is 4.90 Å². The zero-order valence-corrected chi connectivity index (χ0v) is 24.3. The van der Waals surface area contributed by atoms with Crippen LogP contribution in [0.3, 0.4) is 0 Å². The van der Waals surface area contributed by atoms with Crippen molar-refractivity contribution < 1.29 is 19.1 Å². The molecular weight excluding hydrogens is 486 g/mol. The van der Waals surface area contributed by atoms with Crippen molar-refractivity contribution in [3.63, 3.8) is 0 Å². The number of thiol groups is 1. The van der Waals surface area contributed by atoms with Crippen LogP contribution in [0, 0.1) is 20.8 Å². The summed E-state index contributed by atoms with van der Waals surface area (Å²) in [6.45, 7) is 16.6. The molecule has 2 unspecified atom stereocenters. The molecule has 2 aromatic carbocycles. The van der Waals surface area contributed by atoms with Gasteiger partial charge in [0.15, 0.2) is 0 Å². The molecule has 2 aromatic rings. The lowest BCUT2D eigenvalue weighted by atomic mass is 9.94. The predicted octanol–water partition coefficient (Wildman–Crippen LogP) is 5.74. The number of hydrogen-bond acceptors (Lipinski definition) is 5. The molecule has 0 aromatic heterocycles. The highest BCUT2D eigenvalue weighted by atomic mass is 32.1. The highest BCUT2D eigenvalue weighted by Gasteiger charge is 2.41. The summed E-state index contributed by atoms with van der Waals surface area (Å²) in [6.07, 6.45) is -0.722. The average molecular weight is 528 g/mol. The summed E-state index contributed by atoms with van der Waals surface area (Å²) in [5.41, 5.74) is 2.74. The molecular formula is C29H41N3O4S. The van der Waals surface area contributed by atoms with Crippen LogP contribution in [0.2, 0.25) is 0 Å². The topological polar surface area (TPSA) is 87.7 Å². The molecule has 0 aliphatic heterocycles. The first-order chi connectivity index (χ1) is 17.0. The van der Waals surface area contributed by atoms with E-state index in [0.717, 1.165) is 16.7 Å². The Hall–Kier alpha value is -3.00. The number of hydrogen-bond donors (Lipinski definition) is 3. The number of aryl methyl sites for hydroxylation is 3. The molecule has 2 atom stereocenters. The highest BCUT2D eigenvalue weighted by molar-refractivity contribution is 7.80. The number of ether oxygens (including phenoxy) is 1. The number of amides is 3. The van der Waals surface area contributed by atoms with E-state index >= 15 is 0 Å². The molecule has 7 nitrogen and oxygen atoms in total. The van der Waals surface area contributed by atoms with E-state index in [1.54, 1.807) is 20.8 Å². The number of anilines is 1. The number of nitrogens with zero attached hydrogens (tertiary/aromatic N) is 1. The van der Waals surface area contributed by atoms with Gasteiger partial charge in [-0.15, -0.1) is 0 Å². The van der Waals surface area contributed by atoms with Crippen molar-refractivity contribution in [3.8, 4) is 0 Å². The SMILES string of the molecule is Cc1ccc(C(C(=O)Nc2c(C)cccc2C)N(C(=O)C(CS)NC(=O)OC(C)(C)C)C(C)(C)C)cc1. The van der Waals surface area contributed by atoms with Crippen molar-refractivity contribution in [2.24, 2.45) is 0 Å². The second-order valence-corrected chi connectivity index (χ2v) is 11.7. The molecule has 0 aliphatic carbocycles. The van der Waals surface area contributed by atoms with Gasteiger partial charge in [-0.2, -0.15) is 12.6 Å². The van der Waals surface area contributed by atoms with Crippen LogP contribution in [-0.2, 0) is 14.3 Å². The van der Waals surface area contributed by atoms with Gasteiger partial charge in [0.05, 0.1) is 0 Å². The zero-order valence-electron chi connectivity index (χ0n) is 23.4. The molecule has 0 spiro atoms. The van der Waals surface area contributed by atoms with E-state index in [9.17, 15) is 14.4 Å². The minimum atomic E-state index is -1.00. The number of para-hydroxylation sites is 1. The monoisotopic (exact) mass is 527 g/mol. The Morgan fingerprint density at radius 2 is 1.46 bits per heavy atom. The van der Waals surface area contributed by atoms with Crippen molar-refractivity contribution >= 4 is 36.2 Å². The summed E-state index contributed by atoms with van der Waals surface area (Å²) in [7, 11) is 0. The van der Waals surface area contributed by atoms with E-state index in [4.69, 9.17) is 4.74 Å². The van der Waals surface area contributed by atoms with Crippen molar-refractivity contribution in [1.29, 1.82) is 0 Å². The molecule has 2 rings (SSSR count). The number of carbonyl (C=O) groups is 3. The number of nitrogens with one attached hydrogen (secondary N) is 2. The Kier molecular flexibility index (Phi) is 9.83. The molecule has 0 heterocycles. The van der Waals surface area contributed by atoms with Gasteiger partial charge in [-0.1, -0.05) is 48.0 Å². The first-order valence-corrected chi connectivity index (χ1v) is 13.1. The molecule has 202 valence electrons. The first-order valence-electron chi connectivity index (χ1n) is 12.4. The second kappa shape index (κ2) is 12.0. The Bertz CT molecular complexity index is 1100. The molecule has 37 heavy (non-hydrogen) atoms. The van der Waals surface area contributed by atoms with Crippen LogP contribution in [0.15, 0.2) is 42.5 Å². The molecule has 0 saturated heterocycles. The maximum absolute atomic E-state index is 14.0. The van der Waals surface area contributed by atoms with Gasteiger partial charge in [0.25, 0.3) is 5.91 Å². The van der Waals surface area contributed by atoms with Gasteiger partial charge in [-0.3, -0.25) is 9.59 Å². The Labute approximate surface area is 226 Å². The third kappa shape index (κ3) is 8.25. The van der Waals surface area contributed by atoms with Crippen LogP contribution >= 0.6 is 12.6 Å². The van der Waals surface area contributed by atoms with Crippen LogP contribution in [0.4, 0.5) is 10.5 Å². The standard InChI is InChI=1S/C29H41N3O4S/c1-18-13-15-21(16-14-18)24(25(33)31-23-19(2)11-10-12-20(23)3)32(28(4,5)6)26(34)22(17-37)30-27(35)36-29(7,8)9/h10-16,22,24,37H,17H2,1-9H3,(H,30,35)(H,31,33). The van der Waals surface area contributed by atoms with Crippen LogP contribution in [0.5, 0.6) is 0 Å². The smallest absolute Gasteiger partial charge is 0.408 e. The largest absolute Gasteiger partial charge is 0.444 e. The fourth-order valence-corrected chi connectivity index (χ4v) is 4.27. The summed E-state index contributed by atoms with van der Waals surface area (Å²) in [6, 6.07) is 11.4. The third-order valence-corrected chi connectivity index (χ3v) is 6.13. The van der Waals surface area contributed by atoms with Gasteiger partial charge in [-0.25, -0.2) is 4.79 Å². The number of benzene rings is 2. The van der Waals surface area contributed by atoms with Crippen LogP contribution in [0.25, 0.3) is 0 Å². The van der Waals surface area contributed by atoms with E-state index in [0.29, 0.717) is 11.3 Å². The molecule has 0 fully saturated rings. The van der Waals surface area contributed by atoms with Crippen molar-refractivity contribution in [3.05, 3.63) is 64.7 Å². The lowest BCUT2D eigenvalue weighted by molar-refractivity contribution is -0.146. The summed E-state index contributed by atoms with van der Waals surface area (Å²) < 4.78 is 5.36. The Balaban J connectivity index is 2.56. The average Bonchev–Trinajstić information content (AvgIpc) is 2.76. The molecule has 2 N–H and O–H groups in total. The van der Waals surface area contributed by atoms with Gasteiger partial charge in [0, 0.05) is 17.0 Å². The summed E-state index contributed by atoms with van der Waals surface area (Å²) in [5, 5.41) is 5.70. The van der Waals surface area contributed by atoms with Gasteiger partial charge in [0.2, 0.25) is 5.91 Å².